The molecule has 1 aromatic carbocycles. The lowest BCUT2D eigenvalue weighted by Gasteiger charge is -2.05. The van der Waals surface area contributed by atoms with Crippen molar-refractivity contribution in [3.05, 3.63) is 103 Å². The van der Waals surface area contributed by atoms with E-state index in [0.29, 0.717) is 17.8 Å². The van der Waals surface area contributed by atoms with Crippen LogP contribution in [0.5, 0.6) is 0 Å². The first-order valence-electron chi connectivity index (χ1n) is 9.54. The average Bonchev–Trinajstić information content (AvgIpc) is 3.50. The standard InChI is InChI=1S/C22H19N7O/c30-22(18-6-4-17(5-7-18)12-27-10-8-23-16-27)26-19-11-24-29(14-19)15-20-13-28-9-2-1-3-21(28)25-20/h1-11,13-14,16H,12,15H2,(H,26,30). The first-order valence-corrected chi connectivity index (χ1v) is 9.54. The Labute approximate surface area is 172 Å². The van der Waals surface area contributed by atoms with Gasteiger partial charge in [-0.15, -0.1) is 0 Å². The van der Waals surface area contributed by atoms with Crippen LogP contribution in [0.4, 0.5) is 5.69 Å². The van der Waals surface area contributed by atoms with Crippen molar-refractivity contribution >= 4 is 17.2 Å². The van der Waals surface area contributed by atoms with Crippen molar-refractivity contribution in [2.24, 2.45) is 0 Å². The van der Waals surface area contributed by atoms with E-state index in [1.807, 2.05) is 70.0 Å². The summed E-state index contributed by atoms with van der Waals surface area (Å²) >= 11 is 0. The molecule has 0 spiro atoms. The summed E-state index contributed by atoms with van der Waals surface area (Å²) < 4.78 is 5.70. The van der Waals surface area contributed by atoms with Crippen molar-refractivity contribution in [3.63, 3.8) is 0 Å². The molecular weight excluding hydrogens is 378 g/mol. The molecule has 0 saturated heterocycles. The minimum atomic E-state index is -0.170. The maximum atomic E-state index is 12.5. The van der Waals surface area contributed by atoms with Crippen LogP contribution < -0.4 is 5.32 Å². The van der Waals surface area contributed by atoms with Gasteiger partial charge in [-0.25, -0.2) is 9.97 Å². The molecule has 0 aliphatic rings. The van der Waals surface area contributed by atoms with Crippen LogP contribution in [0.2, 0.25) is 0 Å². The molecule has 1 N–H and O–H groups in total. The first-order chi connectivity index (χ1) is 14.7. The van der Waals surface area contributed by atoms with E-state index < -0.39 is 0 Å². The van der Waals surface area contributed by atoms with Gasteiger partial charge >= 0.3 is 0 Å². The van der Waals surface area contributed by atoms with Gasteiger partial charge in [0.25, 0.3) is 5.91 Å². The highest BCUT2D eigenvalue weighted by Gasteiger charge is 2.09. The van der Waals surface area contributed by atoms with Crippen LogP contribution in [0, 0.1) is 0 Å². The minimum absolute atomic E-state index is 0.170. The second-order valence-corrected chi connectivity index (χ2v) is 7.01. The van der Waals surface area contributed by atoms with Gasteiger partial charge in [0.05, 0.1) is 30.5 Å². The van der Waals surface area contributed by atoms with Gasteiger partial charge in [0.2, 0.25) is 0 Å². The molecule has 0 atom stereocenters. The average molecular weight is 397 g/mol. The third kappa shape index (κ3) is 3.83. The Morgan fingerprint density at radius 2 is 1.90 bits per heavy atom. The van der Waals surface area contributed by atoms with Gasteiger partial charge in [0.15, 0.2) is 0 Å². The van der Waals surface area contributed by atoms with Crippen molar-refractivity contribution in [2.45, 2.75) is 13.1 Å². The molecule has 8 heteroatoms. The Hall–Kier alpha value is -4.20. The largest absolute Gasteiger partial charge is 0.333 e. The molecule has 5 aromatic rings. The highest BCUT2D eigenvalue weighted by molar-refractivity contribution is 6.04. The van der Waals surface area contributed by atoms with Crippen LogP contribution in [0.1, 0.15) is 21.6 Å². The number of carbonyl (C=O) groups excluding carboxylic acids is 1. The molecule has 148 valence electrons. The van der Waals surface area contributed by atoms with E-state index in [-0.39, 0.29) is 5.91 Å². The van der Waals surface area contributed by atoms with Gasteiger partial charge in [-0.05, 0) is 29.8 Å². The maximum absolute atomic E-state index is 12.5. The number of aromatic nitrogens is 6. The van der Waals surface area contributed by atoms with E-state index in [9.17, 15) is 4.79 Å². The van der Waals surface area contributed by atoms with Crippen LogP contribution >= 0.6 is 0 Å². The number of nitrogens with one attached hydrogen (secondary N) is 1. The quantitative estimate of drug-likeness (QED) is 0.477. The van der Waals surface area contributed by atoms with E-state index in [1.165, 1.54) is 0 Å². The van der Waals surface area contributed by atoms with Crippen molar-refractivity contribution < 1.29 is 4.79 Å². The van der Waals surface area contributed by atoms with Crippen LogP contribution in [0.3, 0.4) is 0 Å². The van der Waals surface area contributed by atoms with Gasteiger partial charge in [-0.2, -0.15) is 5.10 Å². The molecule has 1 amide bonds. The molecule has 5 rings (SSSR count). The Morgan fingerprint density at radius 3 is 2.70 bits per heavy atom. The summed E-state index contributed by atoms with van der Waals surface area (Å²) in [6.45, 7) is 1.25. The van der Waals surface area contributed by atoms with Crippen LogP contribution in [0.25, 0.3) is 5.65 Å². The lowest BCUT2D eigenvalue weighted by molar-refractivity contribution is 0.102. The van der Waals surface area contributed by atoms with E-state index in [2.05, 4.69) is 20.4 Å². The van der Waals surface area contributed by atoms with Gasteiger partial charge < -0.3 is 14.3 Å². The van der Waals surface area contributed by atoms with Gasteiger partial charge in [0, 0.05) is 43.1 Å². The summed E-state index contributed by atoms with van der Waals surface area (Å²) in [6.07, 6.45) is 12.8. The van der Waals surface area contributed by atoms with E-state index in [0.717, 1.165) is 23.4 Å². The van der Waals surface area contributed by atoms with Crippen molar-refractivity contribution in [1.82, 2.24) is 28.7 Å². The molecule has 4 aromatic heterocycles. The Kier molecular flexibility index (Phi) is 4.57. The molecule has 0 unspecified atom stereocenters. The van der Waals surface area contributed by atoms with Gasteiger partial charge in [0.1, 0.15) is 5.65 Å². The number of amides is 1. The normalized spacial score (nSPS) is 11.1. The fraction of sp³-hybridized carbons (Fsp3) is 0.0909. The second-order valence-electron chi connectivity index (χ2n) is 7.01. The predicted octanol–water partition coefficient (Wildman–Crippen LogP) is 3.08. The number of anilines is 1. The topological polar surface area (TPSA) is 82.0 Å². The molecule has 0 radical (unpaired) electrons. The summed E-state index contributed by atoms with van der Waals surface area (Å²) in [6, 6.07) is 13.4. The number of pyridine rings is 1. The molecule has 0 saturated carbocycles. The molecular formula is C22H19N7O. The highest BCUT2D eigenvalue weighted by atomic mass is 16.1. The third-order valence-corrected chi connectivity index (χ3v) is 4.77. The third-order valence-electron chi connectivity index (χ3n) is 4.77. The molecule has 0 fully saturated rings. The minimum Gasteiger partial charge on any atom is -0.333 e. The number of hydrogen-bond acceptors (Lipinski definition) is 4. The Balaban J connectivity index is 1.22. The fourth-order valence-electron chi connectivity index (χ4n) is 3.30. The number of hydrogen-bond donors (Lipinski definition) is 1. The smallest absolute Gasteiger partial charge is 0.255 e. The van der Waals surface area contributed by atoms with Crippen LogP contribution in [0.15, 0.2) is 86.0 Å². The van der Waals surface area contributed by atoms with E-state index >= 15 is 0 Å². The lowest BCUT2D eigenvalue weighted by Crippen LogP contribution is -2.11. The van der Waals surface area contributed by atoms with Crippen molar-refractivity contribution in [2.75, 3.05) is 5.32 Å². The Bertz CT molecular complexity index is 1250. The molecule has 4 heterocycles. The van der Waals surface area contributed by atoms with Crippen LogP contribution in [-0.2, 0) is 13.1 Å². The monoisotopic (exact) mass is 397 g/mol. The molecule has 0 bridgehead atoms. The molecule has 0 aliphatic heterocycles. The number of imidazole rings is 2. The number of nitrogens with zero attached hydrogens (tertiary/aromatic N) is 6. The number of benzene rings is 1. The molecule has 30 heavy (non-hydrogen) atoms. The van der Waals surface area contributed by atoms with Crippen molar-refractivity contribution in [3.8, 4) is 0 Å². The zero-order valence-corrected chi connectivity index (χ0v) is 16.1. The van der Waals surface area contributed by atoms with Crippen molar-refractivity contribution in [1.29, 1.82) is 0 Å². The van der Waals surface area contributed by atoms with Gasteiger partial charge in [-0.3, -0.25) is 9.48 Å². The number of rotatable bonds is 6. The van der Waals surface area contributed by atoms with E-state index in [1.54, 1.807) is 29.6 Å². The summed E-state index contributed by atoms with van der Waals surface area (Å²) in [5.41, 5.74) is 4.13. The van der Waals surface area contributed by atoms with Crippen LogP contribution in [-0.4, -0.2) is 34.6 Å². The summed E-state index contributed by atoms with van der Waals surface area (Å²) in [5, 5.41) is 7.22. The highest BCUT2D eigenvalue weighted by Crippen LogP contribution is 2.12. The zero-order valence-electron chi connectivity index (χ0n) is 16.1. The summed E-state index contributed by atoms with van der Waals surface area (Å²) in [7, 11) is 0. The fourth-order valence-corrected chi connectivity index (χ4v) is 3.30. The number of carbonyl (C=O) groups is 1. The molecule has 8 nitrogen and oxygen atoms in total. The molecule has 0 aliphatic carbocycles. The summed E-state index contributed by atoms with van der Waals surface area (Å²) in [5.74, 6) is -0.170. The maximum Gasteiger partial charge on any atom is 0.255 e. The van der Waals surface area contributed by atoms with E-state index in [4.69, 9.17) is 0 Å². The summed E-state index contributed by atoms with van der Waals surface area (Å²) in [4.78, 5) is 21.2. The predicted molar refractivity (Wildman–Crippen MR) is 112 cm³/mol. The zero-order chi connectivity index (χ0) is 20.3. The lowest BCUT2D eigenvalue weighted by atomic mass is 10.1. The first kappa shape index (κ1) is 17.9. The SMILES string of the molecule is O=C(Nc1cnn(Cc2cn3ccccc3n2)c1)c1ccc(Cn2ccnc2)cc1. The Morgan fingerprint density at radius 1 is 1.00 bits per heavy atom. The second kappa shape index (κ2) is 7.67. The number of fused-ring (bicyclic) bond motifs is 1. The van der Waals surface area contributed by atoms with Gasteiger partial charge in [-0.1, -0.05) is 18.2 Å².